The molecule has 0 fully saturated rings. The van der Waals surface area contributed by atoms with Gasteiger partial charge in [0, 0.05) is 41.2 Å². The van der Waals surface area contributed by atoms with Gasteiger partial charge in [-0.2, -0.15) is 0 Å². The number of nitrogens with one attached hydrogen (secondary N) is 1. The van der Waals surface area contributed by atoms with Gasteiger partial charge in [-0.3, -0.25) is 14.8 Å². The van der Waals surface area contributed by atoms with Crippen molar-refractivity contribution in [3.63, 3.8) is 0 Å². The molecule has 1 aromatic carbocycles. The van der Waals surface area contributed by atoms with Crippen LogP contribution in [-0.4, -0.2) is 26.6 Å². The molecule has 5 nitrogen and oxygen atoms in total. The zero-order chi connectivity index (χ0) is 18.4. The van der Waals surface area contributed by atoms with E-state index in [1.165, 1.54) is 24.0 Å². The van der Waals surface area contributed by atoms with Crippen LogP contribution in [0.4, 0.5) is 10.1 Å². The van der Waals surface area contributed by atoms with Gasteiger partial charge in [-0.1, -0.05) is 11.6 Å². The molecule has 0 atom stereocenters. The Bertz CT molecular complexity index is 893. The summed E-state index contributed by atoms with van der Waals surface area (Å²) in [7, 11) is 0. The number of halogens is 2. The Morgan fingerprint density at radius 1 is 1.15 bits per heavy atom. The van der Waals surface area contributed by atoms with E-state index in [-0.39, 0.29) is 5.56 Å². The number of hydrogen-bond donors (Lipinski definition) is 1. The highest BCUT2D eigenvalue weighted by atomic mass is 35.5. The summed E-state index contributed by atoms with van der Waals surface area (Å²) in [6.45, 7) is 0. The number of thioether (sulfide) groups is 1. The molecule has 0 saturated heterocycles. The minimum atomic E-state index is -0.434. The van der Waals surface area contributed by atoms with Crippen LogP contribution in [0, 0.1) is 5.82 Å². The van der Waals surface area contributed by atoms with Crippen molar-refractivity contribution >= 4 is 35.0 Å². The molecular weight excluding hydrogens is 375 g/mol. The van der Waals surface area contributed by atoms with E-state index in [4.69, 9.17) is 11.6 Å². The number of amides is 1. The SMILES string of the molecule is O=C(Nc1ccc(Cl)nc1)c1ccc(SCCc2cnccn2)c(F)c1. The monoisotopic (exact) mass is 388 g/mol. The molecule has 0 aliphatic carbocycles. The van der Waals surface area contributed by atoms with Crippen LogP contribution in [0.1, 0.15) is 16.1 Å². The molecule has 0 radical (unpaired) electrons. The highest BCUT2D eigenvalue weighted by Crippen LogP contribution is 2.24. The first-order valence-electron chi connectivity index (χ1n) is 7.72. The second-order valence-corrected chi connectivity index (χ2v) is 6.79. The highest BCUT2D eigenvalue weighted by Gasteiger charge is 2.11. The summed E-state index contributed by atoms with van der Waals surface area (Å²) in [6, 6.07) is 7.61. The number of rotatable bonds is 6. The van der Waals surface area contributed by atoms with Crippen molar-refractivity contribution in [3.05, 3.63) is 77.3 Å². The number of hydrogen-bond acceptors (Lipinski definition) is 5. The van der Waals surface area contributed by atoms with Gasteiger partial charge < -0.3 is 5.32 Å². The molecule has 0 bridgehead atoms. The number of carbonyl (C=O) groups excluding carboxylic acids is 1. The van der Waals surface area contributed by atoms with Crippen LogP contribution in [0.3, 0.4) is 0 Å². The van der Waals surface area contributed by atoms with Gasteiger partial charge >= 0.3 is 0 Å². The number of benzene rings is 1. The molecule has 1 N–H and O–H groups in total. The second-order valence-electron chi connectivity index (χ2n) is 5.26. The lowest BCUT2D eigenvalue weighted by Gasteiger charge is -2.07. The van der Waals surface area contributed by atoms with Crippen LogP contribution in [0.5, 0.6) is 0 Å². The van der Waals surface area contributed by atoms with Gasteiger partial charge in [-0.05, 0) is 30.3 Å². The normalized spacial score (nSPS) is 10.5. The summed E-state index contributed by atoms with van der Waals surface area (Å²) >= 11 is 7.07. The van der Waals surface area contributed by atoms with E-state index in [2.05, 4.69) is 20.3 Å². The molecule has 0 unspecified atom stereocenters. The minimum absolute atomic E-state index is 0.232. The van der Waals surface area contributed by atoms with Gasteiger partial charge in [0.05, 0.1) is 17.6 Å². The quantitative estimate of drug-likeness (QED) is 0.505. The van der Waals surface area contributed by atoms with Crippen molar-refractivity contribution in [2.75, 3.05) is 11.1 Å². The first-order valence-corrected chi connectivity index (χ1v) is 9.08. The number of pyridine rings is 1. The largest absolute Gasteiger partial charge is 0.321 e. The third kappa shape index (κ3) is 5.00. The summed E-state index contributed by atoms with van der Waals surface area (Å²) in [6.07, 6.45) is 7.05. The second kappa shape index (κ2) is 8.73. The summed E-state index contributed by atoms with van der Waals surface area (Å²) in [5.74, 6) is -0.183. The standard InChI is InChI=1S/C18H14ClFN4OS/c19-17-4-2-14(11-23-17)24-18(25)12-1-3-16(15(20)9-12)26-8-5-13-10-21-6-7-22-13/h1-4,6-7,9-11H,5,8H2,(H,24,25). The van der Waals surface area contributed by atoms with Crippen LogP contribution in [0.25, 0.3) is 0 Å². The molecule has 2 aromatic heterocycles. The summed E-state index contributed by atoms with van der Waals surface area (Å²) in [4.78, 5) is 24.7. The molecule has 2 heterocycles. The maximum absolute atomic E-state index is 14.3. The van der Waals surface area contributed by atoms with E-state index in [0.29, 0.717) is 27.9 Å². The van der Waals surface area contributed by atoms with Crippen LogP contribution in [-0.2, 0) is 6.42 Å². The van der Waals surface area contributed by atoms with Crippen molar-refractivity contribution in [1.82, 2.24) is 15.0 Å². The van der Waals surface area contributed by atoms with Gasteiger partial charge in [0.25, 0.3) is 5.91 Å². The van der Waals surface area contributed by atoms with E-state index in [1.807, 2.05) is 0 Å². The molecule has 1 amide bonds. The number of aromatic nitrogens is 3. The Hall–Kier alpha value is -2.51. The lowest BCUT2D eigenvalue weighted by atomic mass is 10.2. The first-order chi connectivity index (χ1) is 12.6. The average Bonchev–Trinajstić information content (AvgIpc) is 2.65. The van der Waals surface area contributed by atoms with Crippen LogP contribution in [0.2, 0.25) is 5.15 Å². The van der Waals surface area contributed by atoms with Crippen molar-refractivity contribution in [2.45, 2.75) is 11.3 Å². The molecule has 26 heavy (non-hydrogen) atoms. The van der Waals surface area contributed by atoms with E-state index < -0.39 is 11.7 Å². The zero-order valence-corrected chi connectivity index (χ0v) is 15.1. The fourth-order valence-electron chi connectivity index (χ4n) is 2.14. The zero-order valence-electron chi connectivity index (χ0n) is 13.5. The molecule has 3 rings (SSSR count). The van der Waals surface area contributed by atoms with Gasteiger partial charge in [0.15, 0.2) is 0 Å². The Kier molecular flexibility index (Phi) is 6.14. The Balaban J connectivity index is 1.59. The van der Waals surface area contributed by atoms with Crippen molar-refractivity contribution in [1.29, 1.82) is 0 Å². The molecule has 0 aliphatic heterocycles. The Labute approximate surface area is 159 Å². The Morgan fingerprint density at radius 3 is 2.73 bits per heavy atom. The van der Waals surface area contributed by atoms with E-state index >= 15 is 0 Å². The number of nitrogens with zero attached hydrogens (tertiary/aromatic N) is 3. The molecule has 0 aliphatic rings. The van der Waals surface area contributed by atoms with Crippen molar-refractivity contribution in [3.8, 4) is 0 Å². The molecule has 8 heteroatoms. The summed E-state index contributed by atoms with van der Waals surface area (Å²) in [5.41, 5.74) is 1.57. The van der Waals surface area contributed by atoms with Crippen LogP contribution < -0.4 is 5.32 Å². The van der Waals surface area contributed by atoms with E-state index in [0.717, 1.165) is 5.69 Å². The maximum Gasteiger partial charge on any atom is 0.255 e. The summed E-state index contributed by atoms with van der Waals surface area (Å²) in [5, 5.41) is 2.98. The third-order valence-electron chi connectivity index (χ3n) is 3.41. The fourth-order valence-corrected chi connectivity index (χ4v) is 3.14. The van der Waals surface area contributed by atoms with Gasteiger partial charge in [-0.25, -0.2) is 9.37 Å². The lowest BCUT2D eigenvalue weighted by Crippen LogP contribution is -2.12. The fraction of sp³-hybridized carbons (Fsp3) is 0.111. The first kappa shape index (κ1) is 18.3. The predicted molar refractivity (Wildman–Crippen MR) is 100 cm³/mol. The molecule has 0 saturated carbocycles. The van der Waals surface area contributed by atoms with Gasteiger partial charge in [0.1, 0.15) is 11.0 Å². The minimum Gasteiger partial charge on any atom is -0.321 e. The Morgan fingerprint density at radius 2 is 2.04 bits per heavy atom. The third-order valence-corrected chi connectivity index (χ3v) is 4.69. The maximum atomic E-state index is 14.3. The average molecular weight is 389 g/mol. The van der Waals surface area contributed by atoms with E-state index in [9.17, 15) is 9.18 Å². The lowest BCUT2D eigenvalue weighted by molar-refractivity contribution is 0.102. The smallest absolute Gasteiger partial charge is 0.255 e. The number of carbonyl (C=O) groups is 1. The molecular formula is C18H14ClFN4OS. The number of anilines is 1. The molecule has 0 spiro atoms. The van der Waals surface area contributed by atoms with E-state index in [1.54, 1.807) is 42.9 Å². The van der Waals surface area contributed by atoms with Crippen molar-refractivity contribution in [2.24, 2.45) is 0 Å². The van der Waals surface area contributed by atoms with Gasteiger partial charge in [-0.15, -0.1) is 11.8 Å². The topological polar surface area (TPSA) is 67.8 Å². The van der Waals surface area contributed by atoms with Crippen LogP contribution >= 0.6 is 23.4 Å². The predicted octanol–water partition coefficient (Wildman–Crippen LogP) is 4.25. The summed E-state index contributed by atoms with van der Waals surface area (Å²) < 4.78 is 14.3. The number of aryl methyl sites for hydroxylation is 1. The highest BCUT2D eigenvalue weighted by molar-refractivity contribution is 7.99. The van der Waals surface area contributed by atoms with Gasteiger partial charge in [0.2, 0.25) is 0 Å². The molecule has 3 aromatic rings. The van der Waals surface area contributed by atoms with Crippen LogP contribution in [0.15, 0.2) is 60.0 Å². The van der Waals surface area contributed by atoms with Crippen molar-refractivity contribution < 1.29 is 9.18 Å². The molecule has 132 valence electrons.